The fraction of sp³-hybridized carbons (Fsp3) is 0.875. The van der Waals surface area contributed by atoms with Gasteiger partial charge in [0, 0.05) is 19.0 Å². The number of aliphatic hydroxyl groups excluding tert-OH is 2. The van der Waals surface area contributed by atoms with Crippen LogP contribution in [-0.2, 0) is 4.79 Å². The van der Waals surface area contributed by atoms with Crippen LogP contribution in [0.1, 0.15) is 13.8 Å². The molecule has 0 spiro atoms. The Kier molecular flexibility index (Phi) is 2.69. The molecule has 0 aromatic rings. The lowest BCUT2D eigenvalue weighted by atomic mass is 10.2. The third kappa shape index (κ3) is 1.76. The van der Waals surface area contributed by atoms with Gasteiger partial charge in [0.2, 0.25) is 5.91 Å². The molecule has 2 N–H and O–H groups in total. The minimum Gasteiger partial charge on any atom is -0.388 e. The maximum absolute atomic E-state index is 11.3. The molecule has 2 unspecified atom stereocenters. The van der Waals surface area contributed by atoms with Crippen molar-refractivity contribution in [1.82, 2.24) is 4.90 Å². The van der Waals surface area contributed by atoms with E-state index in [1.54, 1.807) is 13.8 Å². The van der Waals surface area contributed by atoms with Crippen LogP contribution in [-0.4, -0.2) is 46.3 Å². The van der Waals surface area contributed by atoms with Crippen molar-refractivity contribution in [3.63, 3.8) is 0 Å². The summed E-state index contributed by atoms with van der Waals surface area (Å²) in [7, 11) is 0. The molecule has 12 heavy (non-hydrogen) atoms. The molecule has 70 valence electrons. The number of hydrogen-bond acceptors (Lipinski definition) is 3. The van der Waals surface area contributed by atoms with E-state index >= 15 is 0 Å². The fourth-order valence-corrected chi connectivity index (χ4v) is 1.31. The number of β-amino-alcohol motifs (C(OH)–C–C–N with tert-alkyl or cyclic N) is 2. The molecule has 1 aliphatic rings. The first kappa shape index (κ1) is 9.48. The second kappa shape index (κ2) is 3.41. The van der Waals surface area contributed by atoms with Crippen molar-refractivity contribution in [3.8, 4) is 0 Å². The van der Waals surface area contributed by atoms with Crippen LogP contribution in [0.4, 0.5) is 0 Å². The smallest absolute Gasteiger partial charge is 0.225 e. The number of nitrogens with zero attached hydrogens (tertiary/aromatic N) is 1. The molecule has 0 radical (unpaired) electrons. The highest BCUT2D eigenvalue weighted by Crippen LogP contribution is 2.12. The summed E-state index contributed by atoms with van der Waals surface area (Å²) in [5.74, 6) is -0.0758. The van der Waals surface area contributed by atoms with Crippen LogP contribution in [0.3, 0.4) is 0 Å². The summed E-state index contributed by atoms with van der Waals surface area (Å²) in [6.07, 6.45) is -1.54. The molecule has 0 aromatic carbocycles. The zero-order valence-corrected chi connectivity index (χ0v) is 7.40. The lowest BCUT2D eigenvalue weighted by Gasteiger charge is -2.17. The third-order valence-corrected chi connectivity index (χ3v) is 2.06. The second-order valence-corrected chi connectivity index (χ2v) is 3.53. The summed E-state index contributed by atoms with van der Waals surface area (Å²) in [5.41, 5.74) is 0. The number of rotatable bonds is 1. The Bertz CT molecular complexity index is 171. The van der Waals surface area contributed by atoms with Gasteiger partial charge in [-0.3, -0.25) is 4.79 Å². The number of carbonyl (C=O) groups excluding carboxylic acids is 1. The van der Waals surface area contributed by atoms with Gasteiger partial charge in [-0.15, -0.1) is 0 Å². The lowest BCUT2D eigenvalue weighted by Crippen LogP contribution is -2.33. The average molecular weight is 173 g/mol. The van der Waals surface area contributed by atoms with Gasteiger partial charge in [0.15, 0.2) is 0 Å². The molecule has 2 atom stereocenters. The van der Waals surface area contributed by atoms with Gasteiger partial charge in [-0.2, -0.15) is 0 Å². The molecule has 0 aromatic heterocycles. The maximum atomic E-state index is 11.3. The standard InChI is InChI=1S/C8H15NO3/c1-5(2)8(12)9-3-6(10)7(11)4-9/h5-7,10-11H,3-4H2,1-2H3. The summed E-state index contributed by atoms with van der Waals surface area (Å²) >= 11 is 0. The second-order valence-electron chi connectivity index (χ2n) is 3.53. The summed E-state index contributed by atoms with van der Waals surface area (Å²) in [6, 6.07) is 0. The van der Waals surface area contributed by atoms with Crippen molar-refractivity contribution in [2.75, 3.05) is 13.1 Å². The normalized spacial score (nSPS) is 29.9. The van der Waals surface area contributed by atoms with E-state index < -0.39 is 12.2 Å². The first-order valence-electron chi connectivity index (χ1n) is 4.17. The monoisotopic (exact) mass is 173 g/mol. The van der Waals surface area contributed by atoms with Crippen LogP contribution in [0.2, 0.25) is 0 Å². The van der Waals surface area contributed by atoms with E-state index in [-0.39, 0.29) is 24.9 Å². The first-order chi connectivity index (χ1) is 5.52. The van der Waals surface area contributed by atoms with E-state index in [0.717, 1.165) is 0 Å². The summed E-state index contributed by atoms with van der Waals surface area (Å²) in [4.78, 5) is 12.8. The van der Waals surface area contributed by atoms with Crippen LogP contribution >= 0.6 is 0 Å². The zero-order valence-electron chi connectivity index (χ0n) is 7.40. The molecule has 0 aliphatic carbocycles. The Morgan fingerprint density at radius 1 is 1.33 bits per heavy atom. The molecular formula is C8H15NO3. The highest BCUT2D eigenvalue weighted by atomic mass is 16.3. The van der Waals surface area contributed by atoms with Gasteiger partial charge in [0.1, 0.15) is 0 Å². The van der Waals surface area contributed by atoms with Crippen molar-refractivity contribution in [2.24, 2.45) is 5.92 Å². The Balaban J connectivity index is 2.52. The SMILES string of the molecule is CC(C)C(=O)N1CC(O)C(O)C1. The lowest BCUT2D eigenvalue weighted by molar-refractivity contribution is -0.133. The first-order valence-corrected chi connectivity index (χ1v) is 4.17. The topological polar surface area (TPSA) is 60.8 Å². The summed E-state index contributed by atoms with van der Waals surface area (Å²) < 4.78 is 0. The van der Waals surface area contributed by atoms with Gasteiger partial charge in [0.05, 0.1) is 12.2 Å². The van der Waals surface area contributed by atoms with E-state index in [9.17, 15) is 4.79 Å². The van der Waals surface area contributed by atoms with Crippen molar-refractivity contribution < 1.29 is 15.0 Å². The van der Waals surface area contributed by atoms with Gasteiger partial charge in [0.25, 0.3) is 0 Å². The van der Waals surface area contributed by atoms with Gasteiger partial charge >= 0.3 is 0 Å². The van der Waals surface area contributed by atoms with E-state index in [1.165, 1.54) is 4.90 Å². The molecule has 1 heterocycles. The number of amides is 1. The predicted octanol–water partition coefficient (Wildman–Crippen LogP) is -0.794. The zero-order chi connectivity index (χ0) is 9.30. The molecule has 4 heteroatoms. The van der Waals surface area contributed by atoms with Crippen molar-refractivity contribution in [1.29, 1.82) is 0 Å². The molecule has 4 nitrogen and oxygen atoms in total. The summed E-state index contributed by atoms with van der Waals surface area (Å²) in [6.45, 7) is 4.13. The fourth-order valence-electron chi connectivity index (χ4n) is 1.31. The minimum atomic E-state index is -0.771. The number of hydrogen-bond donors (Lipinski definition) is 2. The Morgan fingerprint density at radius 3 is 2.08 bits per heavy atom. The van der Waals surface area contributed by atoms with Crippen molar-refractivity contribution in [3.05, 3.63) is 0 Å². The quantitative estimate of drug-likeness (QED) is 0.546. The molecule has 1 rings (SSSR count). The maximum Gasteiger partial charge on any atom is 0.225 e. The third-order valence-electron chi connectivity index (χ3n) is 2.06. The molecular weight excluding hydrogens is 158 g/mol. The minimum absolute atomic E-state index is 0.00870. The van der Waals surface area contributed by atoms with Crippen LogP contribution < -0.4 is 0 Å². The van der Waals surface area contributed by atoms with Crippen LogP contribution in [0.5, 0.6) is 0 Å². The highest BCUT2D eigenvalue weighted by molar-refractivity contribution is 5.78. The number of likely N-dealkylation sites (tertiary alicyclic amines) is 1. The highest BCUT2D eigenvalue weighted by Gasteiger charge is 2.33. The van der Waals surface area contributed by atoms with Gasteiger partial charge in [-0.1, -0.05) is 13.8 Å². The van der Waals surface area contributed by atoms with E-state index in [0.29, 0.717) is 0 Å². The number of carbonyl (C=O) groups is 1. The Hall–Kier alpha value is -0.610. The van der Waals surface area contributed by atoms with E-state index in [1.807, 2.05) is 0 Å². The summed E-state index contributed by atoms with van der Waals surface area (Å²) in [5, 5.41) is 18.3. The van der Waals surface area contributed by atoms with Crippen LogP contribution in [0.15, 0.2) is 0 Å². The van der Waals surface area contributed by atoms with Crippen LogP contribution in [0.25, 0.3) is 0 Å². The molecule has 0 saturated carbocycles. The average Bonchev–Trinajstić information content (AvgIpc) is 2.30. The molecule has 0 bridgehead atoms. The van der Waals surface area contributed by atoms with Gasteiger partial charge < -0.3 is 15.1 Å². The van der Waals surface area contributed by atoms with E-state index in [4.69, 9.17) is 10.2 Å². The largest absolute Gasteiger partial charge is 0.388 e. The van der Waals surface area contributed by atoms with Crippen molar-refractivity contribution >= 4 is 5.91 Å². The molecule has 1 aliphatic heterocycles. The van der Waals surface area contributed by atoms with E-state index in [2.05, 4.69) is 0 Å². The van der Waals surface area contributed by atoms with Crippen molar-refractivity contribution in [2.45, 2.75) is 26.1 Å². The van der Waals surface area contributed by atoms with Gasteiger partial charge in [-0.05, 0) is 0 Å². The molecule has 1 saturated heterocycles. The van der Waals surface area contributed by atoms with Gasteiger partial charge in [-0.25, -0.2) is 0 Å². The Morgan fingerprint density at radius 2 is 1.75 bits per heavy atom. The van der Waals surface area contributed by atoms with Crippen LogP contribution in [0, 0.1) is 5.92 Å². The Labute approximate surface area is 71.8 Å². The number of aliphatic hydroxyl groups is 2. The molecule has 1 amide bonds. The predicted molar refractivity (Wildman–Crippen MR) is 43.4 cm³/mol. The molecule has 1 fully saturated rings.